The summed E-state index contributed by atoms with van der Waals surface area (Å²) in [5.41, 5.74) is 2.71. The van der Waals surface area contributed by atoms with Gasteiger partial charge in [0.25, 0.3) is 11.8 Å². The lowest BCUT2D eigenvalue weighted by atomic mass is 9.87. The van der Waals surface area contributed by atoms with E-state index < -0.39 is 5.54 Å². The summed E-state index contributed by atoms with van der Waals surface area (Å²) in [6.45, 7) is 1.81. The van der Waals surface area contributed by atoms with Crippen molar-refractivity contribution >= 4 is 29.5 Å². The lowest BCUT2D eigenvalue weighted by molar-refractivity contribution is -0.155. The molecule has 1 fully saturated rings. The first-order chi connectivity index (χ1) is 15.3. The predicted octanol–water partition coefficient (Wildman–Crippen LogP) is 4.07. The van der Waals surface area contributed by atoms with Gasteiger partial charge in [-0.25, -0.2) is 9.97 Å². The van der Waals surface area contributed by atoms with E-state index >= 15 is 0 Å². The molecule has 4 rings (SSSR count). The van der Waals surface area contributed by atoms with Gasteiger partial charge in [-0.2, -0.15) is 0 Å². The number of hydrogen-bond donors (Lipinski definition) is 0. The molecule has 32 heavy (non-hydrogen) atoms. The molecule has 1 atom stereocenters. The van der Waals surface area contributed by atoms with Crippen LogP contribution in [0.2, 0.25) is 5.28 Å². The molecule has 1 saturated heterocycles. The van der Waals surface area contributed by atoms with Crippen LogP contribution < -0.4 is 0 Å². The Bertz CT molecular complexity index is 1190. The summed E-state index contributed by atoms with van der Waals surface area (Å²) in [4.78, 5) is 38.0. The smallest absolute Gasteiger partial charge is 0.271 e. The van der Waals surface area contributed by atoms with Crippen LogP contribution in [0, 0.1) is 0 Å². The van der Waals surface area contributed by atoms with Crippen molar-refractivity contribution in [3.05, 3.63) is 89.1 Å². The second-order valence-electron chi connectivity index (χ2n) is 8.02. The standard InChI is InChI=1S/C25H23ClN4O2/c1-25(14-17-9-5-4-6-10-17)23(32)29(2)21(22(31)30(25)3)13-18-11-7-8-12-20(18)19-15-27-24(26)28-16-19/h4-13,15-16H,14H2,1-3H3. The predicted molar refractivity (Wildman–Crippen MR) is 125 cm³/mol. The highest BCUT2D eigenvalue weighted by molar-refractivity contribution is 6.28. The zero-order valence-corrected chi connectivity index (χ0v) is 18.9. The Kier molecular flexibility index (Phi) is 5.80. The van der Waals surface area contributed by atoms with Crippen LogP contribution in [0.3, 0.4) is 0 Å². The summed E-state index contributed by atoms with van der Waals surface area (Å²) in [5, 5.41) is 0.164. The maximum absolute atomic E-state index is 13.5. The second-order valence-corrected chi connectivity index (χ2v) is 8.36. The molecule has 2 amide bonds. The number of likely N-dealkylation sites (N-methyl/N-ethyl adjacent to an activating group) is 2. The highest BCUT2D eigenvalue weighted by Gasteiger charge is 2.48. The molecule has 6 nitrogen and oxygen atoms in total. The Labute approximate surface area is 192 Å². The van der Waals surface area contributed by atoms with Gasteiger partial charge in [-0.3, -0.25) is 9.59 Å². The van der Waals surface area contributed by atoms with E-state index in [1.54, 1.807) is 37.5 Å². The Morgan fingerprint density at radius 2 is 1.59 bits per heavy atom. The highest BCUT2D eigenvalue weighted by Crippen LogP contribution is 2.32. The fourth-order valence-electron chi connectivity index (χ4n) is 3.98. The molecular formula is C25H23ClN4O2. The number of carbonyl (C=O) groups excluding carboxylic acids is 2. The van der Waals surface area contributed by atoms with E-state index in [0.717, 1.165) is 22.3 Å². The molecular weight excluding hydrogens is 424 g/mol. The molecule has 2 heterocycles. The van der Waals surface area contributed by atoms with Crippen molar-refractivity contribution in [3.8, 4) is 11.1 Å². The van der Waals surface area contributed by atoms with Crippen LogP contribution in [0.5, 0.6) is 0 Å². The molecule has 0 spiro atoms. The van der Waals surface area contributed by atoms with Crippen LogP contribution in [0.25, 0.3) is 17.2 Å². The minimum atomic E-state index is -0.978. The number of aromatic nitrogens is 2. The molecule has 2 aromatic carbocycles. The monoisotopic (exact) mass is 446 g/mol. The van der Waals surface area contributed by atoms with Crippen LogP contribution >= 0.6 is 11.6 Å². The van der Waals surface area contributed by atoms with Crippen molar-refractivity contribution in [1.29, 1.82) is 0 Å². The summed E-state index contributed by atoms with van der Waals surface area (Å²) in [7, 11) is 3.33. The number of amides is 2. The Morgan fingerprint density at radius 3 is 2.28 bits per heavy atom. The number of nitrogens with zero attached hydrogens (tertiary/aromatic N) is 4. The molecule has 1 aliphatic rings. The third-order valence-electron chi connectivity index (χ3n) is 5.97. The van der Waals surface area contributed by atoms with E-state index in [0.29, 0.717) is 12.1 Å². The average Bonchev–Trinajstić information content (AvgIpc) is 2.81. The van der Waals surface area contributed by atoms with Gasteiger partial charge >= 0.3 is 0 Å². The maximum Gasteiger partial charge on any atom is 0.271 e. The van der Waals surface area contributed by atoms with Gasteiger partial charge in [-0.05, 0) is 41.3 Å². The fraction of sp³-hybridized carbons (Fsp3) is 0.200. The largest absolute Gasteiger partial charge is 0.326 e. The fourth-order valence-corrected chi connectivity index (χ4v) is 4.08. The van der Waals surface area contributed by atoms with Crippen LogP contribution in [-0.2, 0) is 16.0 Å². The molecule has 3 aromatic rings. The summed E-state index contributed by atoms with van der Waals surface area (Å²) in [6.07, 6.45) is 5.44. The summed E-state index contributed by atoms with van der Waals surface area (Å²) in [6, 6.07) is 17.3. The maximum atomic E-state index is 13.5. The molecule has 162 valence electrons. The van der Waals surface area contributed by atoms with Gasteiger partial charge in [-0.1, -0.05) is 54.6 Å². The molecule has 1 aliphatic heterocycles. The number of hydrogen-bond acceptors (Lipinski definition) is 4. The quantitative estimate of drug-likeness (QED) is 0.447. The molecule has 0 N–H and O–H groups in total. The van der Waals surface area contributed by atoms with Gasteiger partial charge in [0.05, 0.1) is 0 Å². The van der Waals surface area contributed by atoms with Gasteiger partial charge in [0, 0.05) is 38.5 Å². The SMILES string of the molecule is CN1C(=O)C(C)(Cc2ccccc2)N(C)C(=O)C1=Cc1ccccc1-c1cnc(Cl)nc1. The Hall–Kier alpha value is -3.51. The first-order valence-electron chi connectivity index (χ1n) is 10.2. The van der Waals surface area contributed by atoms with Crippen molar-refractivity contribution < 1.29 is 9.59 Å². The van der Waals surface area contributed by atoms with Gasteiger partial charge in [0.15, 0.2) is 0 Å². The van der Waals surface area contributed by atoms with Crippen molar-refractivity contribution in [3.63, 3.8) is 0 Å². The summed E-state index contributed by atoms with van der Waals surface area (Å²) in [5.74, 6) is -0.352. The number of rotatable bonds is 4. The third kappa shape index (κ3) is 3.89. The normalized spacial score (nSPS) is 20.2. The van der Waals surface area contributed by atoms with Crippen LogP contribution in [0.15, 0.2) is 72.7 Å². The topological polar surface area (TPSA) is 66.4 Å². The number of benzene rings is 2. The Morgan fingerprint density at radius 1 is 0.969 bits per heavy atom. The molecule has 1 aromatic heterocycles. The van der Waals surface area contributed by atoms with E-state index in [9.17, 15) is 9.59 Å². The van der Waals surface area contributed by atoms with E-state index in [1.807, 2.05) is 61.5 Å². The van der Waals surface area contributed by atoms with Crippen molar-refractivity contribution in [2.24, 2.45) is 0 Å². The van der Waals surface area contributed by atoms with E-state index in [-0.39, 0.29) is 17.1 Å². The molecule has 0 radical (unpaired) electrons. The zero-order chi connectivity index (χ0) is 22.9. The van der Waals surface area contributed by atoms with Crippen LogP contribution in [0.1, 0.15) is 18.1 Å². The minimum absolute atomic E-state index is 0.137. The lowest BCUT2D eigenvalue weighted by Crippen LogP contribution is -2.64. The first-order valence-corrected chi connectivity index (χ1v) is 10.6. The molecule has 1 unspecified atom stereocenters. The van der Waals surface area contributed by atoms with Crippen LogP contribution in [0.4, 0.5) is 0 Å². The van der Waals surface area contributed by atoms with Crippen LogP contribution in [-0.4, -0.2) is 51.2 Å². The lowest BCUT2D eigenvalue weighted by Gasteiger charge is -2.45. The number of carbonyl (C=O) groups is 2. The Balaban J connectivity index is 1.72. The van der Waals surface area contributed by atoms with Crippen molar-refractivity contribution in [2.45, 2.75) is 18.9 Å². The third-order valence-corrected chi connectivity index (χ3v) is 6.16. The average molecular weight is 447 g/mol. The molecule has 0 aliphatic carbocycles. The van der Waals surface area contributed by atoms with E-state index in [4.69, 9.17) is 11.6 Å². The number of piperazine rings is 1. The molecule has 7 heteroatoms. The molecule has 0 bridgehead atoms. The first kappa shape index (κ1) is 21.7. The van der Waals surface area contributed by atoms with Gasteiger partial charge in [0.2, 0.25) is 5.28 Å². The van der Waals surface area contributed by atoms with Crippen molar-refractivity contribution in [2.75, 3.05) is 14.1 Å². The van der Waals surface area contributed by atoms with E-state index in [1.165, 1.54) is 4.90 Å². The summed E-state index contributed by atoms with van der Waals surface area (Å²) < 4.78 is 0. The number of halogens is 1. The van der Waals surface area contributed by atoms with Crippen molar-refractivity contribution in [1.82, 2.24) is 19.8 Å². The highest BCUT2D eigenvalue weighted by atomic mass is 35.5. The minimum Gasteiger partial charge on any atom is -0.326 e. The summed E-state index contributed by atoms with van der Waals surface area (Å²) >= 11 is 5.82. The molecule has 0 saturated carbocycles. The van der Waals surface area contributed by atoms with Gasteiger partial charge in [0.1, 0.15) is 11.2 Å². The van der Waals surface area contributed by atoms with E-state index in [2.05, 4.69) is 9.97 Å². The second kappa shape index (κ2) is 8.55. The zero-order valence-electron chi connectivity index (χ0n) is 18.1. The van der Waals surface area contributed by atoms with Gasteiger partial charge < -0.3 is 9.80 Å². The van der Waals surface area contributed by atoms with Gasteiger partial charge in [-0.15, -0.1) is 0 Å².